The predicted octanol–water partition coefficient (Wildman–Crippen LogP) is 3.14. The van der Waals surface area contributed by atoms with Crippen LogP contribution in [0.25, 0.3) is 0 Å². The molecule has 1 amide bonds. The number of anilines is 1. The number of amides is 1. The highest BCUT2D eigenvalue weighted by molar-refractivity contribution is 7.93. The molecule has 0 aromatic heterocycles. The Kier molecular flexibility index (Phi) is 9.34. The molecule has 9 heteroatoms. The highest BCUT2D eigenvalue weighted by Gasteiger charge is 2.30. The molecule has 0 saturated heterocycles. The van der Waals surface area contributed by atoms with E-state index in [1.54, 1.807) is 43.3 Å². The Morgan fingerprint density at radius 2 is 1.75 bits per heavy atom. The van der Waals surface area contributed by atoms with E-state index in [0.29, 0.717) is 31.0 Å². The van der Waals surface area contributed by atoms with Crippen LogP contribution in [0, 0.1) is 6.92 Å². The summed E-state index contributed by atoms with van der Waals surface area (Å²) in [7, 11) is -1.16. The van der Waals surface area contributed by atoms with Crippen molar-refractivity contribution in [3.05, 3.63) is 48.0 Å². The molecular weight excluding hydrogens is 432 g/mol. The molecule has 0 bridgehead atoms. The summed E-state index contributed by atoms with van der Waals surface area (Å²) in [4.78, 5) is 12.6. The Bertz CT molecular complexity index is 990. The molecule has 2 aromatic carbocycles. The number of carbonyl (C=O) groups is 1. The molecular formula is C23H32N2O6S. The lowest BCUT2D eigenvalue weighted by Crippen LogP contribution is -2.41. The van der Waals surface area contributed by atoms with Crippen LogP contribution in [-0.2, 0) is 19.6 Å². The summed E-state index contributed by atoms with van der Waals surface area (Å²) in [6.07, 6.45) is 0.746. The van der Waals surface area contributed by atoms with Crippen LogP contribution in [0.1, 0.15) is 25.8 Å². The molecule has 0 aliphatic rings. The van der Waals surface area contributed by atoms with Gasteiger partial charge in [0.25, 0.3) is 10.0 Å². The third kappa shape index (κ3) is 6.86. The smallest absolute Gasteiger partial charge is 0.268 e. The molecule has 2 aromatic rings. The standard InChI is InChI=1S/C23H32N2O6S/c1-17(2)31-14-6-13-24-23(26)16-25(19-8-10-20(29-4)11-9-19)32(27,28)22-15-18(3)7-12-21(22)30-5/h7-12,15,17H,6,13-14,16H2,1-5H3,(H,24,26). The van der Waals surface area contributed by atoms with E-state index in [0.717, 1.165) is 9.87 Å². The van der Waals surface area contributed by atoms with Crippen molar-refractivity contribution in [2.24, 2.45) is 0 Å². The van der Waals surface area contributed by atoms with E-state index >= 15 is 0 Å². The van der Waals surface area contributed by atoms with Gasteiger partial charge in [-0.25, -0.2) is 8.42 Å². The Hall–Kier alpha value is -2.78. The summed E-state index contributed by atoms with van der Waals surface area (Å²) in [6.45, 7) is 6.19. The average molecular weight is 465 g/mol. The maximum absolute atomic E-state index is 13.6. The van der Waals surface area contributed by atoms with Crippen molar-refractivity contribution in [1.29, 1.82) is 0 Å². The summed E-state index contributed by atoms with van der Waals surface area (Å²) in [5.41, 5.74) is 1.10. The molecule has 8 nitrogen and oxygen atoms in total. The molecule has 0 spiro atoms. The SMILES string of the molecule is COc1ccc(N(CC(=O)NCCCOC(C)C)S(=O)(=O)c2cc(C)ccc2OC)cc1. The largest absolute Gasteiger partial charge is 0.497 e. The first-order chi connectivity index (χ1) is 15.2. The van der Waals surface area contributed by atoms with Gasteiger partial charge in [0.05, 0.1) is 26.0 Å². The Balaban J connectivity index is 2.30. The first-order valence-corrected chi connectivity index (χ1v) is 11.8. The molecule has 0 saturated carbocycles. The van der Waals surface area contributed by atoms with Crippen molar-refractivity contribution >= 4 is 21.6 Å². The van der Waals surface area contributed by atoms with Gasteiger partial charge in [0.1, 0.15) is 22.9 Å². The Labute approximate surface area is 190 Å². The lowest BCUT2D eigenvalue weighted by atomic mass is 10.2. The quantitative estimate of drug-likeness (QED) is 0.485. The number of ether oxygens (including phenoxy) is 3. The number of sulfonamides is 1. The second kappa shape index (κ2) is 11.7. The highest BCUT2D eigenvalue weighted by Crippen LogP contribution is 2.31. The molecule has 1 N–H and O–H groups in total. The van der Waals surface area contributed by atoms with Crippen LogP contribution >= 0.6 is 0 Å². The van der Waals surface area contributed by atoms with Crippen LogP contribution < -0.4 is 19.1 Å². The normalized spacial score (nSPS) is 11.3. The summed E-state index contributed by atoms with van der Waals surface area (Å²) >= 11 is 0. The van der Waals surface area contributed by atoms with Gasteiger partial charge >= 0.3 is 0 Å². The van der Waals surface area contributed by atoms with Gasteiger partial charge in [0.15, 0.2) is 0 Å². The third-order valence-electron chi connectivity index (χ3n) is 4.63. The highest BCUT2D eigenvalue weighted by atomic mass is 32.2. The van der Waals surface area contributed by atoms with E-state index in [-0.39, 0.29) is 23.3 Å². The molecule has 0 aliphatic carbocycles. The van der Waals surface area contributed by atoms with Crippen LogP contribution in [0.15, 0.2) is 47.4 Å². The zero-order chi connectivity index (χ0) is 23.7. The summed E-state index contributed by atoms with van der Waals surface area (Å²) in [5, 5.41) is 2.76. The van der Waals surface area contributed by atoms with Gasteiger partial charge in [0, 0.05) is 13.2 Å². The Morgan fingerprint density at radius 3 is 2.34 bits per heavy atom. The van der Waals surface area contributed by atoms with Crippen molar-refractivity contribution in [2.45, 2.75) is 38.2 Å². The number of aryl methyl sites for hydroxylation is 1. The molecule has 0 heterocycles. The number of hydrogen-bond donors (Lipinski definition) is 1. The zero-order valence-corrected chi connectivity index (χ0v) is 20.1. The summed E-state index contributed by atoms with van der Waals surface area (Å²) < 4.78 is 44.2. The van der Waals surface area contributed by atoms with Crippen molar-refractivity contribution in [1.82, 2.24) is 5.32 Å². The number of hydrogen-bond acceptors (Lipinski definition) is 6. The third-order valence-corrected chi connectivity index (χ3v) is 6.42. The van der Waals surface area contributed by atoms with Gasteiger partial charge in [0.2, 0.25) is 5.91 Å². The molecule has 32 heavy (non-hydrogen) atoms. The molecule has 176 valence electrons. The lowest BCUT2D eigenvalue weighted by Gasteiger charge is -2.25. The van der Waals surface area contributed by atoms with Gasteiger partial charge in [-0.15, -0.1) is 0 Å². The van der Waals surface area contributed by atoms with E-state index < -0.39 is 15.9 Å². The Morgan fingerprint density at radius 1 is 1.06 bits per heavy atom. The predicted molar refractivity (Wildman–Crippen MR) is 124 cm³/mol. The number of benzene rings is 2. The van der Waals surface area contributed by atoms with Gasteiger partial charge in [-0.2, -0.15) is 0 Å². The first-order valence-electron chi connectivity index (χ1n) is 10.4. The van der Waals surface area contributed by atoms with E-state index in [1.807, 2.05) is 13.8 Å². The molecule has 0 unspecified atom stereocenters. The molecule has 0 atom stereocenters. The number of rotatable bonds is 12. The van der Waals surface area contributed by atoms with Crippen LogP contribution in [-0.4, -0.2) is 54.3 Å². The van der Waals surface area contributed by atoms with Crippen molar-refractivity contribution < 1.29 is 27.4 Å². The van der Waals surface area contributed by atoms with Crippen molar-refractivity contribution in [2.75, 3.05) is 38.2 Å². The molecule has 2 rings (SSSR count). The monoisotopic (exact) mass is 464 g/mol. The minimum atomic E-state index is -4.10. The minimum absolute atomic E-state index is 0.00560. The van der Waals surface area contributed by atoms with Gasteiger partial charge in [-0.3, -0.25) is 9.10 Å². The first kappa shape index (κ1) is 25.5. The fourth-order valence-corrected chi connectivity index (χ4v) is 4.64. The van der Waals surface area contributed by atoms with Crippen molar-refractivity contribution in [3.63, 3.8) is 0 Å². The van der Waals surface area contributed by atoms with E-state index in [1.165, 1.54) is 20.3 Å². The summed E-state index contributed by atoms with van der Waals surface area (Å²) in [5.74, 6) is 0.370. The number of methoxy groups -OCH3 is 2. The van der Waals surface area contributed by atoms with Crippen molar-refractivity contribution in [3.8, 4) is 11.5 Å². The fourth-order valence-electron chi connectivity index (χ4n) is 2.97. The minimum Gasteiger partial charge on any atom is -0.497 e. The van der Waals surface area contributed by atoms with Crippen LogP contribution in [0.2, 0.25) is 0 Å². The number of nitrogens with zero attached hydrogens (tertiary/aromatic N) is 1. The maximum Gasteiger partial charge on any atom is 0.268 e. The van der Waals surface area contributed by atoms with Crippen LogP contribution in [0.3, 0.4) is 0 Å². The maximum atomic E-state index is 13.6. The van der Waals surface area contributed by atoms with E-state index in [9.17, 15) is 13.2 Å². The van der Waals surface area contributed by atoms with Crippen LogP contribution in [0.5, 0.6) is 11.5 Å². The lowest BCUT2D eigenvalue weighted by molar-refractivity contribution is -0.119. The summed E-state index contributed by atoms with van der Waals surface area (Å²) in [6, 6.07) is 11.4. The van der Waals surface area contributed by atoms with Crippen LogP contribution in [0.4, 0.5) is 5.69 Å². The number of nitrogens with one attached hydrogen (secondary N) is 1. The molecule has 0 radical (unpaired) electrons. The molecule has 0 fully saturated rings. The van der Waals surface area contributed by atoms with E-state index in [4.69, 9.17) is 14.2 Å². The topological polar surface area (TPSA) is 94.2 Å². The molecule has 0 aliphatic heterocycles. The fraction of sp³-hybridized carbons (Fsp3) is 0.435. The zero-order valence-electron chi connectivity index (χ0n) is 19.3. The average Bonchev–Trinajstić information content (AvgIpc) is 2.77. The number of carbonyl (C=O) groups excluding carboxylic acids is 1. The second-order valence-corrected chi connectivity index (χ2v) is 9.32. The van der Waals surface area contributed by atoms with Gasteiger partial charge in [-0.05, 0) is 69.2 Å². The van der Waals surface area contributed by atoms with E-state index in [2.05, 4.69) is 5.32 Å². The van der Waals surface area contributed by atoms with Gasteiger partial charge < -0.3 is 19.5 Å². The van der Waals surface area contributed by atoms with Gasteiger partial charge in [-0.1, -0.05) is 6.07 Å². The second-order valence-electron chi connectivity index (χ2n) is 7.49.